The van der Waals surface area contributed by atoms with Crippen LogP contribution >= 0.6 is 0 Å². The number of rotatable bonds is 6. The maximum atomic E-state index is 13.7. The van der Waals surface area contributed by atoms with Crippen LogP contribution in [0, 0.1) is 10.1 Å². The Balaban J connectivity index is 2.28. The van der Waals surface area contributed by atoms with Crippen LogP contribution in [0.5, 0.6) is 0 Å². The van der Waals surface area contributed by atoms with Crippen LogP contribution in [-0.4, -0.2) is 59.8 Å². The van der Waals surface area contributed by atoms with Gasteiger partial charge in [0.2, 0.25) is 5.54 Å². The molecule has 0 spiro atoms. The zero-order valence-electron chi connectivity index (χ0n) is 15.5. The third-order valence-electron chi connectivity index (χ3n) is 4.67. The third kappa shape index (κ3) is 4.19. The number of benzene rings is 1. The molecule has 1 aromatic rings. The van der Waals surface area contributed by atoms with Gasteiger partial charge < -0.3 is 4.74 Å². The van der Waals surface area contributed by atoms with E-state index in [1.54, 1.807) is 0 Å². The standard InChI is InChI=1S/C18H17F3N2O6/c1-22-10-15(25)12(9-17(22,16(26)29-2)18(19,20)21)5-8-14(24)11-3-6-13(7-4-11)23(27)28/h3-4,6-7,9H,5,8,10H2,1-2H3. The molecule has 8 nitrogen and oxygen atoms in total. The van der Waals surface area contributed by atoms with Crippen LogP contribution in [0.25, 0.3) is 0 Å². The summed E-state index contributed by atoms with van der Waals surface area (Å²) >= 11 is 0. The smallest absolute Gasteiger partial charge is 0.421 e. The number of alkyl halides is 3. The number of methoxy groups -OCH3 is 1. The minimum atomic E-state index is -5.05. The van der Waals surface area contributed by atoms with Gasteiger partial charge in [0.05, 0.1) is 18.6 Å². The fraction of sp³-hybridized carbons (Fsp3) is 0.389. The number of halogens is 3. The van der Waals surface area contributed by atoms with E-state index < -0.39 is 40.7 Å². The summed E-state index contributed by atoms with van der Waals surface area (Å²) in [5, 5.41) is 10.6. The maximum absolute atomic E-state index is 13.7. The van der Waals surface area contributed by atoms with Gasteiger partial charge in [-0.05, 0) is 37.3 Å². The van der Waals surface area contributed by atoms with Gasteiger partial charge in [-0.3, -0.25) is 24.6 Å². The molecule has 0 bridgehead atoms. The van der Waals surface area contributed by atoms with E-state index in [0.29, 0.717) is 11.0 Å². The number of carbonyl (C=O) groups excluding carboxylic acids is 3. The fourth-order valence-corrected chi connectivity index (χ4v) is 3.04. The number of likely N-dealkylation sites (N-methyl/N-ethyl adjacent to an activating group) is 1. The van der Waals surface area contributed by atoms with E-state index in [-0.39, 0.29) is 29.7 Å². The van der Waals surface area contributed by atoms with Crippen molar-refractivity contribution in [3.63, 3.8) is 0 Å². The minimum absolute atomic E-state index is 0.117. The predicted molar refractivity (Wildman–Crippen MR) is 93.2 cm³/mol. The van der Waals surface area contributed by atoms with Crippen LogP contribution in [0.3, 0.4) is 0 Å². The number of carbonyl (C=O) groups is 3. The molecule has 0 amide bonds. The first-order chi connectivity index (χ1) is 13.4. The number of ether oxygens (including phenoxy) is 1. The Kier molecular flexibility index (Phi) is 6.21. The molecule has 1 aliphatic rings. The summed E-state index contributed by atoms with van der Waals surface area (Å²) in [6.45, 7) is -0.674. The molecule has 2 rings (SSSR count). The summed E-state index contributed by atoms with van der Waals surface area (Å²) in [7, 11) is 1.79. The summed E-state index contributed by atoms with van der Waals surface area (Å²) in [5.41, 5.74) is -3.53. The summed E-state index contributed by atoms with van der Waals surface area (Å²) in [6.07, 6.45) is -5.18. The van der Waals surface area contributed by atoms with E-state index in [1.165, 1.54) is 12.1 Å². The second-order valence-corrected chi connectivity index (χ2v) is 6.43. The molecule has 11 heteroatoms. The zero-order valence-corrected chi connectivity index (χ0v) is 15.5. The largest absolute Gasteiger partial charge is 0.467 e. The van der Waals surface area contributed by atoms with Crippen molar-refractivity contribution < 1.29 is 37.2 Å². The van der Waals surface area contributed by atoms with Crippen LogP contribution in [0.2, 0.25) is 0 Å². The second kappa shape index (κ2) is 8.11. The van der Waals surface area contributed by atoms with Gasteiger partial charge in [-0.2, -0.15) is 13.2 Å². The first kappa shape index (κ1) is 22.2. The zero-order chi connectivity index (χ0) is 22.0. The monoisotopic (exact) mass is 414 g/mol. The van der Waals surface area contributed by atoms with Crippen LogP contribution < -0.4 is 0 Å². The number of nitro benzene ring substituents is 1. The van der Waals surface area contributed by atoms with E-state index in [4.69, 9.17) is 0 Å². The van der Waals surface area contributed by atoms with Crippen molar-refractivity contribution in [2.45, 2.75) is 24.6 Å². The average molecular weight is 414 g/mol. The Labute approximate surface area is 163 Å². The van der Waals surface area contributed by atoms with Crippen molar-refractivity contribution >= 4 is 23.2 Å². The van der Waals surface area contributed by atoms with E-state index in [1.807, 2.05) is 0 Å². The van der Waals surface area contributed by atoms with Gasteiger partial charge in [-0.15, -0.1) is 0 Å². The summed E-state index contributed by atoms with van der Waals surface area (Å²) in [5.74, 6) is -2.74. The first-order valence-corrected chi connectivity index (χ1v) is 8.33. The summed E-state index contributed by atoms with van der Waals surface area (Å²) in [6, 6.07) is 4.69. The van der Waals surface area contributed by atoms with Gasteiger partial charge in [0.25, 0.3) is 5.69 Å². The van der Waals surface area contributed by atoms with Crippen molar-refractivity contribution in [1.29, 1.82) is 0 Å². The molecule has 29 heavy (non-hydrogen) atoms. The van der Waals surface area contributed by atoms with E-state index >= 15 is 0 Å². The number of hydrogen-bond acceptors (Lipinski definition) is 7. The highest BCUT2D eigenvalue weighted by molar-refractivity contribution is 6.03. The van der Waals surface area contributed by atoms with Gasteiger partial charge in [-0.1, -0.05) is 0 Å². The molecule has 0 saturated carbocycles. The highest BCUT2D eigenvalue weighted by Crippen LogP contribution is 2.40. The number of esters is 1. The van der Waals surface area contributed by atoms with Crippen LogP contribution in [-0.2, 0) is 14.3 Å². The third-order valence-corrected chi connectivity index (χ3v) is 4.67. The Hall–Kier alpha value is -3.08. The fourth-order valence-electron chi connectivity index (χ4n) is 3.04. The number of ketones is 2. The van der Waals surface area contributed by atoms with Crippen LogP contribution in [0.15, 0.2) is 35.9 Å². The molecule has 1 unspecified atom stereocenters. The lowest BCUT2D eigenvalue weighted by atomic mass is 9.85. The molecule has 0 radical (unpaired) electrons. The van der Waals surface area contributed by atoms with Crippen LogP contribution in [0.1, 0.15) is 23.2 Å². The Morgan fingerprint density at radius 3 is 2.34 bits per heavy atom. The highest BCUT2D eigenvalue weighted by Gasteiger charge is 2.64. The molecule has 0 fully saturated rings. The Morgan fingerprint density at radius 1 is 1.28 bits per heavy atom. The minimum Gasteiger partial charge on any atom is -0.467 e. The van der Waals surface area contributed by atoms with Crippen molar-refractivity contribution in [3.05, 3.63) is 51.6 Å². The molecule has 1 atom stereocenters. The SMILES string of the molecule is COC(=O)C1(C(F)(F)F)C=C(CCC(=O)c2ccc([N+](=O)[O-])cc2)C(=O)CN1C. The van der Waals surface area contributed by atoms with Crippen molar-refractivity contribution in [2.75, 3.05) is 20.7 Å². The summed E-state index contributed by atoms with van der Waals surface area (Å²) < 4.78 is 45.5. The lowest BCUT2D eigenvalue weighted by Gasteiger charge is -2.41. The molecular formula is C18H17F3N2O6. The Bertz CT molecular complexity index is 879. The quantitative estimate of drug-likeness (QED) is 0.305. The van der Waals surface area contributed by atoms with Crippen molar-refractivity contribution in [1.82, 2.24) is 4.90 Å². The highest BCUT2D eigenvalue weighted by atomic mass is 19.4. The molecule has 0 saturated heterocycles. The second-order valence-electron chi connectivity index (χ2n) is 6.43. The Morgan fingerprint density at radius 2 is 1.86 bits per heavy atom. The number of nitrogens with zero attached hydrogens (tertiary/aromatic N) is 2. The molecule has 0 N–H and O–H groups in total. The topological polar surface area (TPSA) is 107 Å². The van der Waals surface area contributed by atoms with Gasteiger partial charge in [-0.25, -0.2) is 4.79 Å². The van der Waals surface area contributed by atoms with Crippen LogP contribution in [0.4, 0.5) is 18.9 Å². The maximum Gasteiger partial charge on any atom is 0.421 e. The van der Waals surface area contributed by atoms with E-state index in [9.17, 15) is 37.7 Å². The average Bonchev–Trinajstić information content (AvgIpc) is 2.65. The van der Waals surface area contributed by atoms with Gasteiger partial charge in [0.1, 0.15) is 0 Å². The molecule has 0 aromatic heterocycles. The molecule has 156 valence electrons. The number of Topliss-reactive ketones (excluding diaryl/α,β-unsaturated/α-hetero) is 2. The summed E-state index contributed by atoms with van der Waals surface area (Å²) in [4.78, 5) is 47.0. The van der Waals surface area contributed by atoms with E-state index in [2.05, 4.69) is 4.74 Å². The predicted octanol–water partition coefficient (Wildman–Crippen LogP) is 2.47. The number of nitro groups is 1. The molecule has 0 aliphatic carbocycles. The normalized spacial score (nSPS) is 20.2. The molecule has 1 heterocycles. The van der Waals surface area contributed by atoms with Gasteiger partial charge >= 0.3 is 12.1 Å². The first-order valence-electron chi connectivity index (χ1n) is 8.33. The lowest BCUT2D eigenvalue weighted by molar-refractivity contribution is -0.384. The number of hydrogen-bond donors (Lipinski definition) is 0. The van der Waals surface area contributed by atoms with E-state index in [0.717, 1.165) is 26.3 Å². The number of non-ortho nitro benzene ring substituents is 1. The lowest BCUT2D eigenvalue weighted by Crippen LogP contribution is -2.65. The molecular weight excluding hydrogens is 397 g/mol. The molecule has 1 aliphatic heterocycles. The van der Waals surface area contributed by atoms with Gasteiger partial charge in [0.15, 0.2) is 11.6 Å². The van der Waals surface area contributed by atoms with Crippen molar-refractivity contribution in [2.24, 2.45) is 0 Å². The molecule has 1 aromatic carbocycles. The van der Waals surface area contributed by atoms with Crippen molar-refractivity contribution in [3.8, 4) is 0 Å². The van der Waals surface area contributed by atoms with Gasteiger partial charge in [0, 0.05) is 24.1 Å².